The van der Waals surface area contributed by atoms with E-state index in [2.05, 4.69) is 31.0 Å². The van der Waals surface area contributed by atoms with Gasteiger partial charge in [-0.1, -0.05) is 0 Å². The molecule has 0 spiro atoms. The van der Waals surface area contributed by atoms with Gasteiger partial charge in [-0.15, -0.1) is 12.4 Å². The van der Waals surface area contributed by atoms with Crippen molar-refractivity contribution in [3.63, 3.8) is 0 Å². The Hall–Kier alpha value is 0.210. The monoisotopic (exact) mass is 178 g/mol. The first-order chi connectivity index (χ1) is 4.72. The van der Waals surface area contributed by atoms with Crippen molar-refractivity contribution in [1.29, 1.82) is 0 Å². The molecule has 1 N–H and O–H groups in total. The maximum absolute atomic E-state index is 3.38. The van der Waals surface area contributed by atoms with Crippen LogP contribution < -0.4 is 5.32 Å². The summed E-state index contributed by atoms with van der Waals surface area (Å²) in [4.78, 5) is 2.54. The summed E-state index contributed by atoms with van der Waals surface area (Å²) >= 11 is 0. The number of hydrogen-bond donors (Lipinski definition) is 1. The van der Waals surface area contributed by atoms with Crippen LogP contribution in [0.4, 0.5) is 0 Å². The molecule has 68 valence electrons. The van der Waals surface area contributed by atoms with Crippen LogP contribution in [0.1, 0.15) is 20.8 Å². The van der Waals surface area contributed by atoms with Gasteiger partial charge in [0, 0.05) is 31.7 Å². The van der Waals surface area contributed by atoms with Crippen molar-refractivity contribution in [2.24, 2.45) is 0 Å². The Morgan fingerprint density at radius 2 is 2.09 bits per heavy atom. The van der Waals surface area contributed by atoms with Crippen LogP contribution in [-0.2, 0) is 0 Å². The summed E-state index contributed by atoms with van der Waals surface area (Å²) in [5, 5.41) is 3.38. The largest absolute Gasteiger partial charge is 0.314 e. The third-order valence-corrected chi connectivity index (χ3v) is 2.22. The van der Waals surface area contributed by atoms with Crippen molar-refractivity contribution in [3.05, 3.63) is 0 Å². The predicted octanol–water partition coefficient (Wildman–Crippen LogP) is 1.11. The molecule has 0 aliphatic carbocycles. The third-order valence-electron chi connectivity index (χ3n) is 2.22. The van der Waals surface area contributed by atoms with Crippen LogP contribution in [0.3, 0.4) is 0 Å². The fourth-order valence-electron chi connectivity index (χ4n) is 1.62. The van der Waals surface area contributed by atoms with Gasteiger partial charge >= 0.3 is 0 Å². The molecule has 0 saturated carbocycles. The number of rotatable bonds is 1. The molecule has 1 saturated heterocycles. The minimum Gasteiger partial charge on any atom is -0.314 e. The van der Waals surface area contributed by atoms with Gasteiger partial charge in [-0.2, -0.15) is 0 Å². The van der Waals surface area contributed by atoms with Crippen LogP contribution in [0.5, 0.6) is 0 Å². The highest BCUT2D eigenvalue weighted by Crippen LogP contribution is 2.06. The average Bonchev–Trinajstić information content (AvgIpc) is 1.88. The normalized spacial score (nSPS) is 26.7. The number of nitrogens with one attached hydrogen (secondary N) is 1. The van der Waals surface area contributed by atoms with E-state index in [-0.39, 0.29) is 12.4 Å². The van der Waals surface area contributed by atoms with Gasteiger partial charge in [-0.3, -0.25) is 4.90 Å². The summed E-state index contributed by atoms with van der Waals surface area (Å²) in [5.74, 6) is 0. The Labute approximate surface area is 75.8 Å². The zero-order chi connectivity index (χ0) is 7.56. The molecule has 0 aromatic heterocycles. The first kappa shape index (κ1) is 11.2. The molecule has 0 amide bonds. The predicted molar refractivity (Wildman–Crippen MR) is 51.4 cm³/mol. The topological polar surface area (TPSA) is 15.3 Å². The van der Waals surface area contributed by atoms with Crippen molar-refractivity contribution in [1.82, 2.24) is 10.2 Å². The van der Waals surface area contributed by atoms with Crippen molar-refractivity contribution in [2.45, 2.75) is 32.9 Å². The van der Waals surface area contributed by atoms with Gasteiger partial charge in [0.05, 0.1) is 0 Å². The lowest BCUT2D eigenvalue weighted by molar-refractivity contribution is 0.135. The third kappa shape index (κ3) is 2.97. The number of nitrogens with zero attached hydrogens (tertiary/aromatic N) is 1. The molecule has 2 nitrogen and oxygen atoms in total. The van der Waals surface area contributed by atoms with E-state index in [0.717, 1.165) is 13.1 Å². The lowest BCUT2D eigenvalue weighted by atomic mass is 10.2. The molecule has 1 aliphatic rings. The first-order valence-corrected chi connectivity index (χ1v) is 4.18. The Morgan fingerprint density at radius 3 is 2.45 bits per heavy atom. The van der Waals surface area contributed by atoms with Crippen LogP contribution in [0.2, 0.25) is 0 Å². The molecule has 0 aromatic carbocycles. The molecule has 1 heterocycles. The fourth-order valence-corrected chi connectivity index (χ4v) is 1.62. The molecule has 1 rings (SSSR count). The van der Waals surface area contributed by atoms with Gasteiger partial charge in [0.1, 0.15) is 0 Å². The van der Waals surface area contributed by atoms with Gasteiger partial charge < -0.3 is 5.32 Å². The zero-order valence-electron chi connectivity index (χ0n) is 7.63. The van der Waals surface area contributed by atoms with E-state index >= 15 is 0 Å². The molecule has 0 bridgehead atoms. The first-order valence-electron chi connectivity index (χ1n) is 4.18. The number of piperazine rings is 1. The molecule has 0 aromatic rings. The van der Waals surface area contributed by atoms with E-state index in [9.17, 15) is 0 Å². The smallest absolute Gasteiger partial charge is 0.0195 e. The second-order valence-corrected chi connectivity index (χ2v) is 3.38. The molecular weight excluding hydrogens is 160 g/mol. The molecule has 0 radical (unpaired) electrons. The SMILES string of the molecule is CC(C)N1CCNC[C@@H]1C.Cl. The van der Waals surface area contributed by atoms with Crippen LogP contribution in [0.15, 0.2) is 0 Å². The minimum atomic E-state index is 0. The van der Waals surface area contributed by atoms with Gasteiger partial charge in [0.15, 0.2) is 0 Å². The lowest BCUT2D eigenvalue weighted by Crippen LogP contribution is -2.52. The molecular formula is C8H19ClN2. The van der Waals surface area contributed by atoms with Crippen molar-refractivity contribution < 1.29 is 0 Å². The summed E-state index contributed by atoms with van der Waals surface area (Å²) in [5.41, 5.74) is 0. The van der Waals surface area contributed by atoms with Gasteiger partial charge in [-0.05, 0) is 20.8 Å². The van der Waals surface area contributed by atoms with E-state index in [1.165, 1.54) is 6.54 Å². The Kier molecular flexibility index (Phi) is 5.06. The van der Waals surface area contributed by atoms with Crippen molar-refractivity contribution >= 4 is 12.4 Å². The van der Waals surface area contributed by atoms with Gasteiger partial charge in [0.25, 0.3) is 0 Å². The molecule has 0 unspecified atom stereocenters. The number of halogens is 1. The zero-order valence-corrected chi connectivity index (χ0v) is 8.45. The van der Waals surface area contributed by atoms with Crippen molar-refractivity contribution in [2.75, 3.05) is 19.6 Å². The molecule has 1 fully saturated rings. The maximum atomic E-state index is 3.38. The lowest BCUT2D eigenvalue weighted by Gasteiger charge is -2.36. The Bertz CT molecular complexity index is 106. The van der Waals surface area contributed by atoms with E-state index in [0.29, 0.717) is 12.1 Å². The standard InChI is InChI=1S/C8H18N2.ClH/c1-7(2)10-5-4-9-6-8(10)3;/h7-9H,4-6H2,1-3H3;1H/t8-;/m0./s1. The molecule has 3 heteroatoms. The van der Waals surface area contributed by atoms with E-state index in [4.69, 9.17) is 0 Å². The van der Waals surface area contributed by atoms with Gasteiger partial charge in [-0.25, -0.2) is 0 Å². The van der Waals surface area contributed by atoms with Crippen molar-refractivity contribution in [3.8, 4) is 0 Å². The summed E-state index contributed by atoms with van der Waals surface area (Å²) in [6.45, 7) is 10.3. The van der Waals surface area contributed by atoms with E-state index in [1.54, 1.807) is 0 Å². The van der Waals surface area contributed by atoms with Gasteiger partial charge in [0.2, 0.25) is 0 Å². The highest BCUT2D eigenvalue weighted by molar-refractivity contribution is 5.85. The highest BCUT2D eigenvalue weighted by Gasteiger charge is 2.19. The quantitative estimate of drug-likeness (QED) is 0.648. The van der Waals surface area contributed by atoms with E-state index in [1.807, 2.05) is 0 Å². The number of hydrogen-bond acceptors (Lipinski definition) is 2. The maximum Gasteiger partial charge on any atom is 0.0195 e. The van der Waals surface area contributed by atoms with Crippen LogP contribution >= 0.6 is 12.4 Å². The minimum absolute atomic E-state index is 0. The Balaban J connectivity index is 0.000001000. The van der Waals surface area contributed by atoms with Crippen LogP contribution in [0.25, 0.3) is 0 Å². The second-order valence-electron chi connectivity index (χ2n) is 3.38. The van der Waals surface area contributed by atoms with E-state index < -0.39 is 0 Å². The summed E-state index contributed by atoms with van der Waals surface area (Å²) in [6, 6.07) is 1.42. The fraction of sp³-hybridized carbons (Fsp3) is 1.00. The summed E-state index contributed by atoms with van der Waals surface area (Å²) in [7, 11) is 0. The molecule has 11 heavy (non-hydrogen) atoms. The molecule has 1 atom stereocenters. The summed E-state index contributed by atoms with van der Waals surface area (Å²) < 4.78 is 0. The average molecular weight is 179 g/mol. The highest BCUT2D eigenvalue weighted by atomic mass is 35.5. The van der Waals surface area contributed by atoms with Crippen LogP contribution in [0, 0.1) is 0 Å². The second kappa shape index (κ2) is 4.96. The summed E-state index contributed by atoms with van der Waals surface area (Å²) in [6.07, 6.45) is 0. The van der Waals surface area contributed by atoms with Crippen LogP contribution in [-0.4, -0.2) is 36.6 Å². The molecule has 1 aliphatic heterocycles. The Morgan fingerprint density at radius 1 is 1.45 bits per heavy atom.